The summed E-state index contributed by atoms with van der Waals surface area (Å²) in [5, 5.41) is 0. The maximum atomic E-state index is 12.6. The number of urea groups is 1. The van der Waals surface area contributed by atoms with E-state index in [0.29, 0.717) is 0 Å². The molecule has 0 saturated heterocycles. The monoisotopic (exact) mass is 342 g/mol. The fourth-order valence-corrected chi connectivity index (χ4v) is 2.40. The van der Waals surface area contributed by atoms with E-state index < -0.39 is 23.4 Å². The highest BCUT2D eigenvalue weighted by molar-refractivity contribution is 6.30. The molecule has 0 bridgehead atoms. The molecule has 2 heterocycles. The van der Waals surface area contributed by atoms with E-state index in [2.05, 4.69) is 10.5 Å². The van der Waals surface area contributed by atoms with Crippen molar-refractivity contribution in [1.82, 2.24) is 15.3 Å². The highest BCUT2D eigenvalue weighted by Crippen LogP contribution is 2.24. The van der Waals surface area contributed by atoms with Gasteiger partial charge < -0.3 is 0 Å². The molecule has 0 spiro atoms. The van der Waals surface area contributed by atoms with E-state index in [0.717, 1.165) is 4.90 Å². The van der Waals surface area contributed by atoms with E-state index in [4.69, 9.17) is 4.84 Å². The predicted octanol–water partition coefficient (Wildman–Crippen LogP) is 1.91. The second-order valence-electron chi connectivity index (χ2n) is 6.54. The number of guanidine groups is 1. The van der Waals surface area contributed by atoms with Crippen LogP contribution in [-0.4, -0.2) is 45.8 Å². The van der Waals surface area contributed by atoms with Crippen molar-refractivity contribution in [1.29, 1.82) is 0 Å². The molecule has 2 aliphatic heterocycles. The summed E-state index contributed by atoms with van der Waals surface area (Å²) in [6, 6.07) is 5.88. The summed E-state index contributed by atoms with van der Waals surface area (Å²) in [5.41, 5.74) is 2.31. The minimum Gasteiger partial charge on any atom is -0.268 e. The average Bonchev–Trinajstić information content (AvgIpc) is 2.84. The molecule has 4 amide bonds. The molecule has 1 aromatic carbocycles. The minimum atomic E-state index is -0.616. The molecule has 0 aromatic heterocycles. The summed E-state index contributed by atoms with van der Waals surface area (Å²) in [6.07, 6.45) is 3.09. The number of aliphatic imine (C=N–C) groups is 1. The minimum absolute atomic E-state index is 0.0521. The molecule has 130 valence electrons. The van der Waals surface area contributed by atoms with Crippen molar-refractivity contribution in [3.8, 4) is 0 Å². The fourth-order valence-electron chi connectivity index (χ4n) is 2.40. The van der Waals surface area contributed by atoms with Crippen LogP contribution in [0, 0.1) is 0 Å². The van der Waals surface area contributed by atoms with Gasteiger partial charge in [0.1, 0.15) is 0 Å². The van der Waals surface area contributed by atoms with Crippen molar-refractivity contribution >= 4 is 23.8 Å². The smallest absolute Gasteiger partial charge is 0.268 e. The van der Waals surface area contributed by atoms with Gasteiger partial charge in [0.05, 0.1) is 23.3 Å². The van der Waals surface area contributed by atoms with E-state index in [-0.39, 0.29) is 23.6 Å². The molecule has 0 atom stereocenters. The van der Waals surface area contributed by atoms with E-state index in [1.165, 1.54) is 11.1 Å². The molecule has 0 saturated carbocycles. The topological polar surface area (TPSA) is 91.3 Å². The lowest BCUT2D eigenvalue weighted by Gasteiger charge is -2.30. The Morgan fingerprint density at radius 1 is 1.16 bits per heavy atom. The molecule has 0 fully saturated rings. The van der Waals surface area contributed by atoms with E-state index in [1.54, 1.807) is 51.1 Å². The standard InChI is InChI=1S/C17H18N4O4/c1-17(2,3)25-19-16(24)20-10-6-9-18-15(20)21-13(22)11-7-4-5-8-12(11)14(21)23/h4-9H,10H2,1-3H3,(H,19,24). The van der Waals surface area contributed by atoms with E-state index in [9.17, 15) is 14.4 Å². The van der Waals surface area contributed by atoms with Crippen molar-refractivity contribution < 1.29 is 19.2 Å². The Morgan fingerprint density at radius 2 is 1.76 bits per heavy atom. The van der Waals surface area contributed by atoms with Gasteiger partial charge in [-0.05, 0) is 39.0 Å². The van der Waals surface area contributed by atoms with Crippen molar-refractivity contribution in [2.75, 3.05) is 6.54 Å². The zero-order valence-electron chi connectivity index (χ0n) is 14.1. The van der Waals surface area contributed by atoms with E-state index >= 15 is 0 Å². The summed E-state index contributed by atoms with van der Waals surface area (Å²) < 4.78 is 0. The number of nitrogens with one attached hydrogen (secondary N) is 1. The fraction of sp³-hybridized carbons (Fsp3) is 0.294. The quantitative estimate of drug-likeness (QED) is 0.623. The number of carbonyl (C=O) groups is 3. The number of fused-ring (bicyclic) bond motifs is 1. The van der Waals surface area contributed by atoms with Crippen molar-refractivity contribution in [3.05, 3.63) is 47.7 Å². The maximum Gasteiger partial charge on any atom is 0.348 e. The van der Waals surface area contributed by atoms with Gasteiger partial charge in [0.2, 0.25) is 5.96 Å². The number of amides is 4. The summed E-state index contributed by atoms with van der Waals surface area (Å²) in [4.78, 5) is 49.0. The van der Waals surface area contributed by atoms with Gasteiger partial charge in [-0.1, -0.05) is 12.1 Å². The second-order valence-corrected chi connectivity index (χ2v) is 6.54. The first-order chi connectivity index (χ1) is 11.8. The Labute approximate surface area is 144 Å². The lowest BCUT2D eigenvalue weighted by molar-refractivity contribution is -0.0561. The lowest BCUT2D eigenvalue weighted by Crippen LogP contribution is -2.54. The number of carbonyl (C=O) groups excluding carboxylic acids is 3. The van der Waals surface area contributed by atoms with Gasteiger partial charge in [-0.3, -0.25) is 19.3 Å². The third-order valence-electron chi connectivity index (χ3n) is 3.51. The molecule has 1 N–H and O–H groups in total. The molecular formula is C17H18N4O4. The number of hydroxylamine groups is 1. The summed E-state index contributed by atoms with van der Waals surface area (Å²) in [6.45, 7) is 5.50. The van der Waals surface area contributed by atoms with Crippen LogP contribution in [0.25, 0.3) is 0 Å². The highest BCUT2D eigenvalue weighted by Gasteiger charge is 2.42. The number of rotatable bonds is 1. The summed E-state index contributed by atoms with van der Waals surface area (Å²) in [5.74, 6) is -1.07. The van der Waals surface area contributed by atoms with Crippen molar-refractivity contribution in [2.45, 2.75) is 26.4 Å². The van der Waals surface area contributed by atoms with Crippen LogP contribution in [0.1, 0.15) is 41.5 Å². The third kappa shape index (κ3) is 3.16. The number of benzene rings is 1. The normalized spacial score (nSPS) is 16.8. The molecule has 25 heavy (non-hydrogen) atoms. The molecule has 0 aliphatic carbocycles. The second kappa shape index (κ2) is 6.14. The predicted molar refractivity (Wildman–Crippen MR) is 89.6 cm³/mol. The zero-order chi connectivity index (χ0) is 18.2. The van der Waals surface area contributed by atoms with Gasteiger partial charge in [0.15, 0.2) is 0 Å². The Morgan fingerprint density at radius 3 is 2.32 bits per heavy atom. The third-order valence-corrected chi connectivity index (χ3v) is 3.51. The van der Waals surface area contributed by atoms with Crippen LogP contribution in [0.5, 0.6) is 0 Å². The van der Waals surface area contributed by atoms with Gasteiger partial charge >= 0.3 is 6.03 Å². The molecule has 0 radical (unpaired) electrons. The van der Waals surface area contributed by atoms with Crippen molar-refractivity contribution in [2.24, 2.45) is 4.99 Å². The molecule has 3 rings (SSSR count). The first-order valence-corrected chi connectivity index (χ1v) is 7.76. The SMILES string of the molecule is CC(C)(C)ONC(=O)N1CC=CN=C1N1C(=O)c2ccccc2C1=O. The maximum absolute atomic E-state index is 12.6. The van der Waals surface area contributed by atoms with Crippen LogP contribution >= 0.6 is 0 Å². The highest BCUT2D eigenvalue weighted by atomic mass is 16.7. The molecule has 8 heteroatoms. The van der Waals surface area contributed by atoms with Crippen LogP contribution in [-0.2, 0) is 4.84 Å². The molecular weight excluding hydrogens is 324 g/mol. The summed E-state index contributed by atoms with van der Waals surface area (Å²) >= 11 is 0. The average molecular weight is 342 g/mol. The lowest BCUT2D eigenvalue weighted by atomic mass is 10.1. The molecule has 1 aromatic rings. The van der Waals surface area contributed by atoms with Crippen LogP contribution in [0.2, 0.25) is 0 Å². The summed E-state index contributed by atoms with van der Waals surface area (Å²) in [7, 11) is 0. The Hall–Kier alpha value is -3.00. The Balaban J connectivity index is 1.86. The van der Waals surface area contributed by atoms with Gasteiger partial charge in [-0.25, -0.2) is 20.2 Å². The van der Waals surface area contributed by atoms with Crippen molar-refractivity contribution in [3.63, 3.8) is 0 Å². The van der Waals surface area contributed by atoms with Crippen LogP contribution in [0.3, 0.4) is 0 Å². The number of hydrogen-bond donors (Lipinski definition) is 1. The molecule has 0 unspecified atom stereocenters. The van der Waals surface area contributed by atoms with Gasteiger partial charge in [-0.2, -0.15) is 0 Å². The zero-order valence-corrected chi connectivity index (χ0v) is 14.1. The Kier molecular flexibility index (Phi) is 4.13. The van der Waals surface area contributed by atoms with E-state index in [1.807, 2.05) is 0 Å². The first kappa shape index (κ1) is 16.8. The largest absolute Gasteiger partial charge is 0.348 e. The van der Waals surface area contributed by atoms with Gasteiger partial charge in [0.25, 0.3) is 11.8 Å². The molecule has 8 nitrogen and oxygen atoms in total. The van der Waals surface area contributed by atoms with Gasteiger partial charge in [0, 0.05) is 6.20 Å². The van der Waals surface area contributed by atoms with Gasteiger partial charge in [-0.15, -0.1) is 0 Å². The number of nitrogens with zero attached hydrogens (tertiary/aromatic N) is 3. The van der Waals surface area contributed by atoms with Crippen LogP contribution in [0.15, 0.2) is 41.5 Å². The molecule has 2 aliphatic rings. The van der Waals surface area contributed by atoms with Crippen LogP contribution < -0.4 is 5.48 Å². The Bertz CT molecular complexity index is 772. The number of imide groups is 1. The first-order valence-electron chi connectivity index (χ1n) is 7.76. The number of hydrogen-bond acceptors (Lipinski definition) is 5. The van der Waals surface area contributed by atoms with Crippen LogP contribution in [0.4, 0.5) is 4.79 Å².